The molecule has 0 saturated heterocycles. The predicted molar refractivity (Wildman–Crippen MR) is 107 cm³/mol. The topological polar surface area (TPSA) is 62.5 Å². The second-order valence-corrected chi connectivity index (χ2v) is 6.16. The number of benzene rings is 2. The van der Waals surface area contributed by atoms with Crippen molar-refractivity contribution in [3.05, 3.63) is 81.7 Å². The second kappa shape index (κ2) is 7.84. The number of aromatic nitrogens is 2. The van der Waals surface area contributed by atoms with Gasteiger partial charge in [0, 0.05) is 19.8 Å². The molecule has 26 heavy (non-hydrogen) atoms. The van der Waals surface area contributed by atoms with Gasteiger partial charge in [0.1, 0.15) is 10.7 Å². The van der Waals surface area contributed by atoms with E-state index in [0.29, 0.717) is 11.4 Å². The second-order valence-electron chi connectivity index (χ2n) is 5.78. The summed E-state index contributed by atoms with van der Waals surface area (Å²) in [6.07, 6.45) is 3.13. The number of rotatable bonds is 5. The van der Waals surface area contributed by atoms with Gasteiger partial charge in [0.2, 0.25) is 0 Å². The minimum atomic E-state index is -0.409. The maximum atomic E-state index is 12.4. The van der Waals surface area contributed by atoms with Crippen LogP contribution in [0.1, 0.15) is 5.56 Å². The van der Waals surface area contributed by atoms with Gasteiger partial charge in [0.05, 0.1) is 18.1 Å². The molecular formula is C19H18ClN5O. The van der Waals surface area contributed by atoms with Gasteiger partial charge in [-0.1, -0.05) is 41.9 Å². The Labute approximate surface area is 156 Å². The van der Waals surface area contributed by atoms with Crippen LogP contribution in [0.15, 0.2) is 70.7 Å². The van der Waals surface area contributed by atoms with Gasteiger partial charge in [-0.3, -0.25) is 10.2 Å². The normalized spacial score (nSPS) is 10.9. The van der Waals surface area contributed by atoms with Crippen LogP contribution >= 0.6 is 11.6 Å². The molecule has 0 saturated carbocycles. The molecule has 0 spiro atoms. The van der Waals surface area contributed by atoms with Crippen LogP contribution in [0.4, 0.5) is 11.4 Å². The van der Waals surface area contributed by atoms with Gasteiger partial charge < -0.3 is 4.90 Å². The molecule has 0 radical (unpaired) electrons. The third-order valence-electron chi connectivity index (χ3n) is 3.73. The molecule has 132 valence electrons. The lowest BCUT2D eigenvalue weighted by atomic mass is 10.2. The van der Waals surface area contributed by atoms with Gasteiger partial charge in [-0.15, -0.1) is 0 Å². The molecule has 1 heterocycles. The lowest BCUT2D eigenvalue weighted by Crippen LogP contribution is -2.22. The monoisotopic (exact) mass is 367 g/mol. The molecule has 1 N–H and O–H groups in total. The van der Waals surface area contributed by atoms with Crippen LogP contribution in [-0.2, 0) is 0 Å². The van der Waals surface area contributed by atoms with E-state index < -0.39 is 5.56 Å². The van der Waals surface area contributed by atoms with Gasteiger partial charge in [0.15, 0.2) is 0 Å². The van der Waals surface area contributed by atoms with Crippen molar-refractivity contribution in [3.8, 4) is 5.69 Å². The van der Waals surface area contributed by atoms with Crippen molar-refractivity contribution >= 4 is 29.2 Å². The molecule has 7 heteroatoms. The first-order valence-corrected chi connectivity index (χ1v) is 8.34. The van der Waals surface area contributed by atoms with Gasteiger partial charge in [-0.25, -0.2) is 0 Å². The molecule has 0 aliphatic heterocycles. The van der Waals surface area contributed by atoms with Crippen LogP contribution in [0.25, 0.3) is 5.69 Å². The zero-order valence-electron chi connectivity index (χ0n) is 14.4. The number of hydrazone groups is 1. The summed E-state index contributed by atoms with van der Waals surface area (Å²) in [6, 6.07) is 17.0. The van der Waals surface area contributed by atoms with Crippen LogP contribution in [0.5, 0.6) is 0 Å². The Hall–Kier alpha value is -3.12. The molecule has 1 aromatic heterocycles. The summed E-state index contributed by atoms with van der Waals surface area (Å²) in [6.45, 7) is 0. The standard InChI is InChI=1S/C19H18ClN5O/c1-24(2)15-10-8-14(9-11-15)12-21-23-17-13-22-25(19(26)18(17)20)16-6-4-3-5-7-16/h3-13,23H,1-2H3/b21-12+. The van der Waals surface area contributed by atoms with Crippen molar-refractivity contribution in [2.75, 3.05) is 24.4 Å². The molecule has 0 aliphatic rings. The molecule has 2 aromatic carbocycles. The van der Waals surface area contributed by atoms with E-state index >= 15 is 0 Å². The third-order valence-corrected chi connectivity index (χ3v) is 4.09. The fourth-order valence-electron chi connectivity index (χ4n) is 2.30. The molecule has 3 rings (SSSR count). The van der Waals surface area contributed by atoms with Gasteiger partial charge in [-0.05, 0) is 29.8 Å². The molecule has 0 aliphatic carbocycles. The summed E-state index contributed by atoms with van der Waals surface area (Å²) < 4.78 is 1.25. The summed E-state index contributed by atoms with van der Waals surface area (Å²) >= 11 is 6.17. The van der Waals surface area contributed by atoms with Gasteiger partial charge in [0.25, 0.3) is 5.56 Å². The Morgan fingerprint density at radius 2 is 1.81 bits per heavy atom. The molecule has 3 aromatic rings. The first-order valence-electron chi connectivity index (χ1n) is 7.96. The van der Waals surface area contributed by atoms with E-state index in [1.807, 2.05) is 61.5 Å². The van der Waals surface area contributed by atoms with Crippen LogP contribution < -0.4 is 15.9 Å². The summed E-state index contributed by atoms with van der Waals surface area (Å²) in [5.74, 6) is 0. The van der Waals surface area contributed by atoms with Crippen molar-refractivity contribution < 1.29 is 0 Å². The van der Waals surface area contributed by atoms with E-state index in [0.717, 1.165) is 11.3 Å². The van der Waals surface area contributed by atoms with Gasteiger partial charge >= 0.3 is 0 Å². The van der Waals surface area contributed by atoms with Crippen molar-refractivity contribution in [2.45, 2.75) is 0 Å². The van der Waals surface area contributed by atoms with E-state index in [1.165, 1.54) is 10.9 Å². The summed E-state index contributed by atoms with van der Waals surface area (Å²) in [5.41, 5.74) is 5.39. The van der Waals surface area contributed by atoms with Crippen molar-refractivity contribution in [3.63, 3.8) is 0 Å². The molecule has 0 amide bonds. The highest BCUT2D eigenvalue weighted by atomic mass is 35.5. The maximum absolute atomic E-state index is 12.4. The lowest BCUT2D eigenvalue weighted by molar-refractivity contribution is 0.808. The number of nitrogens with one attached hydrogen (secondary N) is 1. The number of para-hydroxylation sites is 1. The quantitative estimate of drug-likeness (QED) is 0.554. The first kappa shape index (κ1) is 17.7. The Morgan fingerprint density at radius 1 is 1.12 bits per heavy atom. The minimum Gasteiger partial charge on any atom is -0.378 e. The van der Waals surface area contributed by atoms with Gasteiger partial charge in [-0.2, -0.15) is 14.9 Å². The Morgan fingerprint density at radius 3 is 2.46 bits per heavy atom. The van der Waals surface area contributed by atoms with Crippen molar-refractivity contribution in [1.82, 2.24) is 9.78 Å². The minimum absolute atomic E-state index is 0.0314. The SMILES string of the molecule is CN(C)c1ccc(/C=N/Nc2cnn(-c3ccccc3)c(=O)c2Cl)cc1. The fourth-order valence-corrected chi connectivity index (χ4v) is 2.47. The van der Waals surface area contributed by atoms with Crippen LogP contribution in [0.3, 0.4) is 0 Å². The van der Waals surface area contributed by atoms with E-state index in [1.54, 1.807) is 18.3 Å². The highest BCUT2D eigenvalue weighted by molar-refractivity contribution is 6.32. The molecule has 0 unspecified atom stereocenters. The van der Waals surface area contributed by atoms with Crippen molar-refractivity contribution in [2.24, 2.45) is 5.10 Å². The summed E-state index contributed by atoms with van der Waals surface area (Å²) in [4.78, 5) is 14.4. The van der Waals surface area contributed by atoms with Crippen LogP contribution in [0.2, 0.25) is 5.02 Å². The number of hydrogen-bond acceptors (Lipinski definition) is 5. The number of halogens is 1. The highest BCUT2D eigenvalue weighted by Gasteiger charge is 2.09. The zero-order chi connectivity index (χ0) is 18.5. The Kier molecular flexibility index (Phi) is 5.34. The predicted octanol–water partition coefficient (Wildman–Crippen LogP) is 3.40. The number of nitrogens with zero attached hydrogens (tertiary/aromatic N) is 4. The highest BCUT2D eigenvalue weighted by Crippen LogP contribution is 2.17. The number of anilines is 2. The maximum Gasteiger partial charge on any atom is 0.292 e. The van der Waals surface area contributed by atoms with E-state index in [9.17, 15) is 4.79 Å². The smallest absolute Gasteiger partial charge is 0.292 e. The van der Waals surface area contributed by atoms with Crippen molar-refractivity contribution in [1.29, 1.82) is 0 Å². The number of hydrogen-bond donors (Lipinski definition) is 1. The van der Waals surface area contributed by atoms with E-state index in [-0.39, 0.29) is 5.02 Å². The molecule has 0 atom stereocenters. The Balaban J connectivity index is 1.76. The summed E-state index contributed by atoms with van der Waals surface area (Å²) in [5, 5.41) is 8.30. The third kappa shape index (κ3) is 3.92. The van der Waals surface area contributed by atoms with Crippen LogP contribution in [-0.4, -0.2) is 30.1 Å². The Bertz CT molecular complexity index is 965. The fraction of sp³-hybridized carbons (Fsp3) is 0.105. The molecular weight excluding hydrogens is 350 g/mol. The average Bonchev–Trinajstić information content (AvgIpc) is 2.66. The molecule has 0 fully saturated rings. The van der Waals surface area contributed by atoms with E-state index in [4.69, 9.17) is 11.6 Å². The van der Waals surface area contributed by atoms with Crippen LogP contribution in [0, 0.1) is 0 Å². The largest absolute Gasteiger partial charge is 0.378 e. The average molecular weight is 368 g/mol. The lowest BCUT2D eigenvalue weighted by Gasteiger charge is -2.11. The molecule has 6 nitrogen and oxygen atoms in total. The zero-order valence-corrected chi connectivity index (χ0v) is 15.2. The summed E-state index contributed by atoms with van der Waals surface area (Å²) in [7, 11) is 3.97. The first-order chi connectivity index (χ1) is 12.6. The van der Waals surface area contributed by atoms with E-state index in [2.05, 4.69) is 15.6 Å². The molecule has 0 bridgehead atoms.